The molecular weight excluding hydrogens is 328 g/mol. The SMILES string of the molecule is CCc1ccc(N2CC[C@@H](C(=O)NCc3cccc(OC)c3)C2=O)cc1. The number of benzene rings is 2. The molecule has 1 saturated heterocycles. The standard InChI is InChI=1S/C21H24N2O3/c1-3-15-7-9-17(10-8-15)23-12-11-19(21(23)25)20(24)22-14-16-5-4-6-18(13-16)26-2/h4-10,13,19H,3,11-12,14H2,1-2H3,(H,22,24)/t19-/m0/s1. The minimum atomic E-state index is -0.619. The Morgan fingerprint density at radius 2 is 1.96 bits per heavy atom. The van der Waals surface area contributed by atoms with Gasteiger partial charge in [0.15, 0.2) is 0 Å². The normalized spacial score (nSPS) is 16.6. The molecule has 0 bridgehead atoms. The van der Waals surface area contributed by atoms with Gasteiger partial charge in [-0.2, -0.15) is 0 Å². The zero-order chi connectivity index (χ0) is 18.5. The fourth-order valence-electron chi connectivity index (χ4n) is 3.19. The zero-order valence-electron chi connectivity index (χ0n) is 15.2. The van der Waals surface area contributed by atoms with Crippen LogP contribution in [0.2, 0.25) is 0 Å². The van der Waals surface area contributed by atoms with E-state index in [9.17, 15) is 9.59 Å². The number of methoxy groups -OCH3 is 1. The van der Waals surface area contributed by atoms with Crippen molar-refractivity contribution >= 4 is 17.5 Å². The lowest BCUT2D eigenvalue weighted by molar-refractivity contribution is -0.132. The van der Waals surface area contributed by atoms with Crippen molar-refractivity contribution in [1.82, 2.24) is 5.32 Å². The van der Waals surface area contributed by atoms with E-state index in [-0.39, 0.29) is 11.8 Å². The quantitative estimate of drug-likeness (QED) is 0.813. The average molecular weight is 352 g/mol. The maximum absolute atomic E-state index is 12.7. The molecule has 0 radical (unpaired) electrons. The van der Waals surface area contributed by atoms with Crippen LogP contribution in [0.25, 0.3) is 0 Å². The fourth-order valence-corrected chi connectivity index (χ4v) is 3.19. The van der Waals surface area contributed by atoms with E-state index in [1.165, 1.54) is 5.56 Å². The van der Waals surface area contributed by atoms with E-state index in [2.05, 4.69) is 12.2 Å². The Morgan fingerprint density at radius 3 is 2.65 bits per heavy atom. The van der Waals surface area contributed by atoms with E-state index < -0.39 is 5.92 Å². The lowest BCUT2D eigenvalue weighted by Gasteiger charge is -2.17. The minimum Gasteiger partial charge on any atom is -0.497 e. The molecule has 136 valence electrons. The second-order valence-corrected chi connectivity index (χ2v) is 6.42. The van der Waals surface area contributed by atoms with Crippen molar-refractivity contribution in [3.8, 4) is 5.75 Å². The Balaban J connectivity index is 1.60. The van der Waals surface area contributed by atoms with Gasteiger partial charge >= 0.3 is 0 Å². The first kappa shape index (κ1) is 18.0. The maximum atomic E-state index is 12.7. The van der Waals surface area contributed by atoms with Crippen molar-refractivity contribution in [3.05, 3.63) is 59.7 Å². The van der Waals surface area contributed by atoms with Crippen LogP contribution in [0.4, 0.5) is 5.69 Å². The third-order valence-electron chi connectivity index (χ3n) is 4.78. The number of nitrogens with one attached hydrogen (secondary N) is 1. The van der Waals surface area contributed by atoms with Gasteiger partial charge in [0.1, 0.15) is 11.7 Å². The van der Waals surface area contributed by atoms with Crippen molar-refractivity contribution in [2.45, 2.75) is 26.3 Å². The van der Waals surface area contributed by atoms with Gasteiger partial charge in [-0.25, -0.2) is 0 Å². The number of carbonyl (C=O) groups is 2. The Bertz CT molecular complexity index is 786. The topological polar surface area (TPSA) is 58.6 Å². The van der Waals surface area contributed by atoms with Gasteiger partial charge in [0.2, 0.25) is 11.8 Å². The molecule has 5 heteroatoms. The summed E-state index contributed by atoms with van der Waals surface area (Å²) in [7, 11) is 1.61. The summed E-state index contributed by atoms with van der Waals surface area (Å²) in [5.41, 5.74) is 3.03. The van der Waals surface area contributed by atoms with Crippen LogP contribution in [0.15, 0.2) is 48.5 Å². The maximum Gasteiger partial charge on any atom is 0.239 e. The summed E-state index contributed by atoms with van der Waals surface area (Å²) < 4.78 is 5.18. The number of amides is 2. The Labute approximate surface area is 154 Å². The van der Waals surface area contributed by atoms with Gasteiger partial charge in [-0.3, -0.25) is 9.59 Å². The van der Waals surface area contributed by atoms with Crippen LogP contribution in [-0.4, -0.2) is 25.5 Å². The number of aryl methyl sites for hydroxylation is 1. The molecule has 2 aromatic rings. The van der Waals surface area contributed by atoms with Crippen molar-refractivity contribution < 1.29 is 14.3 Å². The van der Waals surface area contributed by atoms with Crippen LogP contribution < -0.4 is 15.0 Å². The van der Waals surface area contributed by atoms with Crippen molar-refractivity contribution in [3.63, 3.8) is 0 Å². The molecule has 5 nitrogen and oxygen atoms in total. The molecule has 1 aliphatic rings. The molecule has 2 aromatic carbocycles. The van der Waals surface area contributed by atoms with Crippen molar-refractivity contribution in [1.29, 1.82) is 0 Å². The molecule has 0 unspecified atom stereocenters. The number of ether oxygens (including phenoxy) is 1. The Hall–Kier alpha value is -2.82. The molecule has 1 aliphatic heterocycles. The van der Waals surface area contributed by atoms with Gasteiger partial charge in [-0.15, -0.1) is 0 Å². The first-order valence-electron chi connectivity index (χ1n) is 8.93. The lowest BCUT2D eigenvalue weighted by atomic mass is 10.1. The van der Waals surface area contributed by atoms with E-state index in [0.29, 0.717) is 19.5 Å². The molecule has 26 heavy (non-hydrogen) atoms. The second kappa shape index (κ2) is 8.04. The van der Waals surface area contributed by atoms with Crippen LogP contribution in [0.5, 0.6) is 5.75 Å². The summed E-state index contributed by atoms with van der Waals surface area (Å²) in [6.07, 6.45) is 1.50. The zero-order valence-corrected chi connectivity index (χ0v) is 15.2. The molecule has 0 saturated carbocycles. The van der Waals surface area contributed by atoms with Gasteiger partial charge in [0.05, 0.1) is 7.11 Å². The number of anilines is 1. The highest BCUT2D eigenvalue weighted by Gasteiger charge is 2.37. The lowest BCUT2D eigenvalue weighted by Crippen LogP contribution is -2.36. The molecule has 3 rings (SSSR count). The van der Waals surface area contributed by atoms with Gasteiger partial charge < -0.3 is 15.0 Å². The van der Waals surface area contributed by atoms with Crippen LogP contribution in [0.3, 0.4) is 0 Å². The molecule has 2 amide bonds. The Kier molecular flexibility index (Phi) is 5.56. The summed E-state index contributed by atoms with van der Waals surface area (Å²) in [6, 6.07) is 15.5. The highest BCUT2D eigenvalue weighted by molar-refractivity contribution is 6.09. The minimum absolute atomic E-state index is 0.127. The van der Waals surface area contributed by atoms with Crippen LogP contribution in [0.1, 0.15) is 24.5 Å². The third-order valence-corrected chi connectivity index (χ3v) is 4.78. The van der Waals surface area contributed by atoms with E-state index in [4.69, 9.17) is 4.74 Å². The van der Waals surface area contributed by atoms with E-state index >= 15 is 0 Å². The van der Waals surface area contributed by atoms with Crippen LogP contribution in [-0.2, 0) is 22.6 Å². The first-order valence-corrected chi connectivity index (χ1v) is 8.93. The van der Waals surface area contributed by atoms with Gasteiger partial charge in [0, 0.05) is 18.8 Å². The number of carbonyl (C=O) groups excluding carboxylic acids is 2. The molecule has 0 spiro atoms. The second-order valence-electron chi connectivity index (χ2n) is 6.42. The average Bonchev–Trinajstić information content (AvgIpc) is 3.07. The first-order chi connectivity index (χ1) is 12.6. The predicted molar refractivity (Wildman–Crippen MR) is 101 cm³/mol. The van der Waals surface area contributed by atoms with Crippen molar-refractivity contribution in [2.75, 3.05) is 18.6 Å². The summed E-state index contributed by atoms with van der Waals surface area (Å²) in [5.74, 6) is -0.218. The van der Waals surface area contributed by atoms with Gasteiger partial charge in [0.25, 0.3) is 0 Å². The molecule has 1 atom stereocenters. The number of rotatable bonds is 6. The highest BCUT2D eigenvalue weighted by atomic mass is 16.5. The molecule has 1 fully saturated rings. The largest absolute Gasteiger partial charge is 0.497 e. The molecule has 0 aromatic heterocycles. The fraction of sp³-hybridized carbons (Fsp3) is 0.333. The number of nitrogens with zero attached hydrogens (tertiary/aromatic N) is 1. The predicted octanol–water partition coefficient (Wildman–Crippen LogP) is 2.93. The summed E-state index contributed by atoms with van der Waals surface area (Å²) in [6.45, 7) is 3.05. The number of hydrogen-bond acceptors (Lipinski definition) is 3. The molecule has 0 aliphatic carbocycles. The van der Waals surface area contributed by atoms with Crippen LogP contribution in [0, 0.1) is 5.92 Å². The highest BCUT2D eigenvalue weighted by Crippen LogP contribution is 2.26. The Morgan fingerprint density at radius 1 is 1.19 bits per heavy atom. The monoisotopic (exact) mass is 352 g/mol. The third kappa shape index (κ3) is 3.87. The van der Waals surface area contributed by atoms with Crippen molar-refractivity contribution in [2.24, 2.45) is 5.92 Å². The van der Waals surface area contributed by atoms with Gasteiger partial charge in [-0.05, 0) is 48.2 Å². The number of hydrogen-bond donors (Lipinski definition) is 1. The van der Waals surface area contributed by atoms with Gasteiger partial charge in [-0.1, -0.05) is 31.2 Å². The molecular formula is C21H24N2O3. The summed E-state index contributed by atoms with van der Waals surface area (Å²) >= 11 is 0. The smallest absolute Gasteiger partial charge is 0.239 e. The van der Waals surface area contributed by atoms with E-state index in [1.807, 2.05) is 48.5 Å². The molecule has 1 N–H and O–H groups in total. The summed E-state index contributed by atoms with van der Waals surface area (Å²) in [4.78, 5) is 26.8. The van der Waals surface area contributed by atoms with Crippen LogP contribution >= 0.6 is 0 Å². The van der Waals surface area contributed by atoms with E-state index in [0.717, 1.165) is 23.4 Å². The van der Waals surface area contributed by atoms with E-state index in [1.54, 1.807) is 12.0 Å². The summed E-state index contributed by atoms with van der Waals surface area (Å²) in [5, 5.41) is 2.87. The molecule has 1 heterocycles.